The summed E-state index contributed by atoms with van der Waals surface area (Å²) in [5.41, 5.74) is 4.04. The van der Waals surface area contributed by atoms with Gasteiger partial charge < -0.3 is 25.2 Å². The second kappa shape index (κ2) is 16.4. The number of hydrogen-bond acceptors (Lipinski definition) is 10. The van der Waals surface area contributed by atoms with Crippen molar-refractivity contribution in [2.24, 2.45) is 16.7 Å². The zero-order valence-electron chi connectivity index (χ0n) is 34.6. The number of nitriles is 1. The first-order valence-corrected chi connectivity index (χ1v) is 20.6. The Morgan fingerprint density at radius 2 is 1.47 bits per heavy atom. The molecule has 0 bridgehead atoms. The molecule has 1 atom stereocenters. The molecule has 4 fully saturated rings. The number of benzene rings is 2. The van der Waals surface area contributed by atoms with Crippen LogP contribution in [0.2, 0.25) is 0 Å². The molecule has 1 saturated carbocycles. The highest BCUT2D eigenvalue weighted by atomic mass is 16.5. The first-order chi connectivity index (χ1) is 27.6. The Hall–Kier alpha value is -5.48. The highest BCUT2D eigenvalue weighted by molar-refractivity contribution is 6.03. The standard InChI is InChI=1S/C45H56N8O5/c1-28-23-34(24-29(2)35(28)25-46)58-43-44(3,4)42(45(43,5)6)50-39(55)31-7-10-33(11-8-31)52-17-15-30(16-18-52)27-51-19-21-53(22-20-51)37-13-9-32(26-47-37)40(56)48-36-12-14-38(54)49-41(36)57/h7-11,13,23-24,26,30,36,42-43H,12,14-22,27H2,1-6H3,(H,48,56)(H,50,55)(H,49,54,57)/t36-,42-,43-/m0/s1. The van der Waals surface area contributed by atoms with Crippen molar-refractivity contribution in [2.75, 3.05) is 55.6 Å². The lowest BCUT2D eigenvalue weighted by Gasteiger charge is -2.63. The molecule has 0 spiro atoms. The molecular formula is C45H56N8O5. The fourth-order valence-electron chi connectivity index (χ4n) is 9.82. The summed E-state index contributed by atoms with van der Waals surface area (Å²) in [5, 5.41) is 17.8. The molecule has 1 aliphatic carbocycles. The Kier molecular flexibility index (Phi) is 11.5. The van der Waals surface area contributed by atoms with Crippen LogP contribution in [0.3, 0.4) is 0 Å². The van der Waals surface area contributed by atoms with Gasteiger partial charge in [-0.2, -0.15) is 5.26 Å². The Morgan fingerprint density at radius 3 is 2.05 bits per heavy atom. The number of imide groups is 1. The van der Waals surface area contributed by atoms with Crippen molar-refractivity contribution in [1.29, 1.82) is 5.26 Å². The zero-order chi connectivity index (χ0) is 41.4. The number of aromatic nitrogens is 1. The number of anilines is 2. The van der Waals surface area contributed by atoms with Crippen LogP contribution in [0.15, 0.2) is 54.7 Å². The van der Waals surface area contributed by atoms with Gasteiger partial charge in [0.2, 0.25) is 11.8 Å². The van der Waals surface area contributed by atoms with Crippen LogP contribution in [-0.2, 0) is 9.59 Å². The van der Waals surface area contributed by atoms with Gasteiger partial charge in [-0.3, -0.25) is 29.4 Å². The number of piperidine rings is 2. The van der Waals surface area contributed by atoms with Crippen molar-refractivity contribution in [3.63, 3.8) is 0 Å². The molecule has 4 heterocycles. The number of aryl methyl sites for hydroxylation is 2. The average Bonchev–Trinajstić information content (AvgIpc) is 3.20. The van der Waals surface area contributed by atoms with Gasteiger partial charge in [0, 0.05) is 86.6 Å². The number of hydrogen-bond donors (Lipinski definition) is 3. The van der Waals surface area contributed by atoms with E-state index in [1.165, 1.54) is 0 Å². The first-order valence-electron chi connectivity index (χ1n) is 20.6. The number of pyridine rings is 1. The maximum Gasteiger partial charge on any atom is 0.253 e. The summed E-state index contributed by atoms with van der Waals surface area (Å²) in [5.74, 6) is 0.952. The number of piperazine rings is 1. The molecule has 0 unspecified atom stereocenters. The summed E-state index contributed by atoms with van der Waals surface area (Å²) >= 11 is 0. The molecule has 0 radical (unpaired) electrons. The van der Waals surface area contributed by atoms with Gasteiger partial charge in [0.25, 0.3) is 11.8 Å². The Bertz CT molecular complexity index is 2040. The molecule has 3 aliphatic heterocycles. The summed E-state index contributed by atoms with van der Waals surface area (Å²) in [7, 11) is 0. The minimum atomic E-state index is -0.718. The van der Waals surface area contributed by atoms with Gasteiger partial charge in [-0.1, -0.05) is 27.7 Å². The topological polar surface area (TPSA) is 160 Å². The van der Waals surface area contributed by atoms with Crippen LogP contribution in [0.1, 0.15) is 90.8 Å². The molecule has 306 valence electrons. The molecule has 3 aromatic rings. The van der Waals surface area contributed by atoms with Crippen molar-refractivity contribution in [2.45, 2.75) is 85.4 Å². The normalized spacial score (nSPS) is 23.3. The van der Waals surface area contributed by atoms with Gasteiger partial charge in [0.05, 0.1) is 17.2 Å². The van der Waals surface area contributed by atoms with Crippen LogP contribution >= 0.6 is 0 Å². The van der Waals surface area contributed by atoms with E-state index < -0.39 is 11.9 Å². The van der Waals surface area contributed by atoms with Gasteiger partial charge in [0.15, 0.2) is 0 Å². The van der Waals surface area contributed by atoms with Crippen molar-refractivity contribution in [3.8, 4) is 11.8 Å². The van der Waals surface area contributed by atoms with E-state index in [2.05, 4.69) is 81.5 Å². The van der Waals surface area contributed by atoms with Gasteiger partial charge in [-0.05, 0) is 98.7 Å². The number of amides is 4. The van der Waals surface area contributed by atoms with Gasteiger partial charge in [-0.25, -0.2) is 4.98 Å². The summed E-state index contributed by atoms with van der Waals surface area (Å²) in [6.07, 6.45) is 4.15. The molecule has 4 aliphatic rings. The summed E-state index contributed by atoms with van der Waals surface area (Å²) in [6, 6.07) is 16.9. The van der Waals surface area contributed by atoms with Crippen molar-refractivity contribution < 1.29 is 23.9 Å². The number of carbonyl (C=O) groups is 4. The molecule has 7 rings (SSSR count). The van der Waals surface area contributed by atoms with E-state index in [9.17, 15) is 24.4 Å². The van der Waals surface area contributed by atoms with Crippen molar-refractivity contribution in [1.82, 2.24) is 25.8 Å². The zero-order valence-corrected chi connectivity index (χ0v) is 34.6. The van der Waals surface area contributed by atoms with Crippen molar-refractivity contribution >= 4 is 35.1 Å². The lowest BCUT2D eigenvalue weighted by atomic mass is 9.49. The second-order valence-corrected chi connectivity index (χ2v) is 17.7. The summed E-state index contributed by atoms with van der Waals surface area (Å²) < 4.78 is 6.55. The Balaban J connectivity index is 0.837. The molecule has 2 aromatic carbocycles. The number of carbonyl (C=O) groups excluding carboxylic acids is 4. The third-order valence-electron chi connectivity index (χ3n) is 12.9. The van der Waals surface area contributed by atoms with Crippen LogP contribution in [0, 0.1) is 41.9 Å². The SMILES string of the molecule is Cc1cc(O[C@H]2C(C)(C)[C@H](NC(=O)c3ccc(N4CCC(CN5CCN(c6ccc(C(=O)N[C@H]7CCC(=O)NC7=O)cn6)CC5)CC4)cc3)C2(C)C)cc(C)c1C#N. The minimum absolute atomic E-state index is 0.0813. The fraction of sp³-hybridized carbons (Fsp3) is 0.511. The quantitative estimate of drug-likeness (QED) is 0.245. The first kappa shape index (κ1) is 40.7. The second-order valence-electron chi connectivity index (χ2n) is 17.7. The van der Waals surface area contributed by atoms with Crippen LogP contribution in [-0.4, -0.2) is 97.5 Å². The molecule has 4 amide bonds. The van der Waals surface area contributed by atoms with Crippen LogP contribution < -0.4 is 30.5 Å². The Morgan fingerprint density at radius 1 is 0.845 bits per heavy atom. The van der Waals surface area contributed by atoms with E-state index in [4.69, 9.17) is 4.74 Å². The molecule has 3 N–H and O–H groups in total. The largest absolute Gasteiger partial charge is 0.489 e. The lowest BCUT2D eigenvalue weighted by Crippen LogP contribution is -2.74. The van der Waals surface area contributed by atoms with Crippen LogP contribution in [0.5, 0.6) is 5.75 Å². The summed E-state index contributed by atoms with van der Waals surface area (Å²) in [6.45, 7) is 19.1. The molecule has 3 saturated heterocycles. The predicted molar refractivity (Wildman–Crippen MR) is 222 cm³/mol. The molecule has 58 heavy (non-hydrogen) atoms. The smallest absolute Gasteiger partial charge is 0.253 e. The van der Waals surface area contributed by atoms with Gasteiger partial charge in [0.1, 0.15) is 23.7 Å². The molecular weight excluding hydrogens is 733 g/mol. The van der Waals surface area contributed by atoms with E-state index in [1.807, 2.05) is 44.2 Å². The van der Waals surface area contributed by atoms with Gasteiger partial charge >= 0.3 is 0 Å². The van der Waals surface area contributed by atoms with Crippen LogP contribution in [0.4, 0.5) is 11.5 Å². The van der Waals surface area contributed by atoms with E-state index in [1.54, 1.807) is 12.3 Å². The molecule has 13 nitrogen and oxygen atoms in total. The predicted octanol–water partition coefficient (Wildman–Crippen LogP) is 4.76. The van der Waals surface area contributed by atoms with Crippen LogP contribution in [0.25, 0.3) is 0 Å². The third kappa shape index (κ3) is 8.39. The Labute approximate surface area is 341 Å². The molecule has 1 aromatic heterocycles. The number of ether oxygens (including phenoxy) is 1. The lowest BCUT2D eigenvalue weighted by molar-refractivity contribution is -0.164. The minimum Gasteiger partial charge on any atom is -0.489 e. The van der Waals surface area contributed by atoms with Crippen molar-refractivity contribution in [3.05, 3.63) is 82.5 Å². The summed E-state index contributed by atoms with van der Waals surface area (Å²) in [4.78, 5) is 61.4. The highest BCUT2D eigenvalue weighted by Gasteiger charge is 2.64. The third-order valence-corrected chi connectivity index (χ3v) is 12.9. The number of nitrogens with zero attached hydrogens (tertiary/aromatic N) is 5. The molecule has 13 heteroatoms. The highest BCUT2D eigenvalue weighted by Crippen LogP contribution is 2.55. The van der Waals surface area contributed by atoms with E-state index in [0.29, 0.717) is 29.0 Å². The van der Waals surface area contributed by atoms with E-state index >= 15 is 0 Å². The fourth-order valence-corrected chi connectivity index (χ4v) is 9.82. The number of rotatable bonds is 10. The average molecular weight is 789 g/mol. The van der Waals surface area contributed by atoms with Gasteiger partial charge in [-0.15, -0.1) is 0 Å². The maximum atomic E-state index is 13.5. The maximum absolute atomic E-state index is 13.5. The van der Waals surface area contributed by atoms with E-state index in [0.717, 1.165) is 87.0 Å². The monoisotopic (exact) mass is 788 g/mol. The number of nitrogens with one attached hydrogen (secondary N) is 3. The van der Waals surface area contributed by atoms with E-state index in [-0.39, 0.29) is 47.1 Å².